The summed E-state index contributed by atoms with van der Waals surface area (Å²) >= 11 is 1.17. The number of ether oxygens (including phenoxy) is 1. The lowest BCUT2D eigenvalue weighted by molar-refractivity contribution is 0.245. The maximum atomic E-state index is 12.1. The van der Waals surface area contributed by atoms with Gasteiger partial charge in [0.2, 0.25) is 0 Å². The Kier molecular flexibility index (Phi) is 9.79. The molecule has 124 valence electrons. The first-order valence-electron chi connectivity index (χ1n) is 6.18. The first kappa shape index (κ1) is 20.9. The molecule has 0 aliphatic carbocycles. The number of hydrogen-bond acceptors (Lipinski definition) is 6. The molecule has 1 aromatic rings. The number of sulfonamides is 1. The van der Waals surface area contributed by atoms with Crippen LogP contribution in [-0.2, 0) is 10.0 Å². The molecule has 1 aromatic heterocycles. The Hall–Kier alpha value is -0.0900. The van der Waals surface area contributed by atoms with Crippen LogP contribution in [0.3, 0.4) is 0 Å². The average molecular weight is 378 g/mol. The van der Waals surface area contributed by atoms with E-state index in [-0.39, 0.29) is 29.0 Å². The lowest BCUT2D eigenvalue weighted by atomic mass is 10.3. The molecule has 1 fully saturated rings. The zero-order chi connectivity index (χ0) is 13.7. The third-order valence-corrected chi connectivity index (χ3v) is 5.90. The molecule has 0 bridgehead atoms. The highest BCUT2D eigenvalue weighted by atomic mass is 35.5. The van der Waals surface area contributed by atoms with Crippen LogP contribution in [0.2, 0.25) is 0 Å². The van der Waals surface area contributed by atoms with Gasteiger partial charge in [-0.05, 0) is 11.4 Å². The summed E-state index contributed by atoms with van der Waals surface area (Å²) in [4.78, 5) is 2.24. The number of rotatable bonds is 6. The molecule has 1 saturated heterocycles. The summed E-state index contributed by atoms with van der Waals surface area (Å²) in [6.45, 7) is 5.00. The first-order chi connectivity index (χ1) is 9.13. The van der Waals surface area contributed by atoms with Crippen molar-refractivity contribution < 1.29 is 13.2 Å². The van der Waals surface area contributed by atoms with Gasteiger partial charge in [-0.15, -0.1) is 36.2 Å². The van der Waals surface area contributed by atoms with E-state index < -0.39 is 10.0 Å². The van der Waals surface area contributed by atoms with E-state index in [1.807, 2.05) is 0 Å². The molecule has 2 rings (SSSR count). The Labute approximate surface area is 142 Å². The van der Waals surface area contributed by atoms with Crippen molar-refractivity contribution in [3.8, 4) is 5.75 Å². The van der Waals surface area contributed by atoms with E-state index in [0.717, 1.165) is 32.7 Å². The van der Waals surface area contributed by atoms with Gasteiger partial charge in [0, 0.05) is 39.3 Å². The molecule has 2 N–H and O–H groups in total. The Balaban J connectivity index is 0.00000200. The van der Waals surface area contributed by atoms with Gasteiger partial charge in [0.1, 0.15) is 5.75 Å². The Morgan fingerprint density at radius 3 is 2.67 bits per heavy atom. The van der Waals surface area contributed by atoms with E-state index >= 15 is 0 Å². The van der Waals surface area contributed by atoms with Crippen molar-refractivity contribution in [2.45, 2.75) is 4.21 Å². The molecular weight excluding hydrogens is 357 g/mol. The normalized spacial score (nSPS) is 15.9. The van der Waals surface area contributed by atoms with Crippen molar-refractivity contribution in [1.82, 2.24) is 14.9 Å². The fraction of sp³-hybridized carbons (Fsp3) is 0.636. The van der Waals surface area contributed by atoms with E-state index in [4.69, 9.17) is 4.74 Å². The lowest BCUT2D eigenvalue weighted by Crippen LogP contribution is -2.46. The van der Waals surface area contributed by atoms with Gasteiger partial charge in [-0.25, -0.2) is 13.1 Å². The number of piperazine rings is 1. The van der Waals surface area contributed by atoms with Crippen LogP contribution < -0.4 is 14.8 Å². The van der Waals surface area contributed by atoms with Crippen LogP contribution in [0.5, 0.6) is 5.75 Å². The fourth-order valence-corrected chi connectivity index (χ4v) is 4.31. The minimum Gasteiger partial charge on any atom is -0.494 e. The minimum absolute atomic E-state index is 0. The van der Waals surface area contributed by atoms with Gasteiger partial charge in [-0.2, -0.15) is 0 Å². The topological polar surface area (TPSA) is 70.7 Å². The van der Waals surface area contributed by atoms with E-state index in [9.17, 15) is 8.42 Å². The van der Waals surface area contributed by atoms with E-state index in [0.29, 0.717) is 12.3 Å². The van der Waals surface area contributed by atoms with Crippen molar-refractivity contribution in [2.75, 3.05) is 46.4 Å². The van der Waals surface area contributed by atoms with Gasteiger partial charge >= 0.3 is 0 Å². The summed E-state index contributed by atoms with van der Waals surface area (Å²) in [5.74, 6) is 0.402. The second kappa shape index (κ2) is 9.83. The Morgan fingerprint density at radius 2 is 2.05 bits per heavy atom. The van der Waals surface area contributed by atoms with Crippen LogP contribution in [0, 0.1) is 0 Å². The number of thiophene rings is 1. The molecular formula is C11H21Cl2N3O3S2. The van der Waals surface area contributed by atoms with Crippen LogP contribution in [-0.4, -0.2) is 59.7 Å². The average Bonchev–Trinajstić information content (AvgIpc) is 2.89. The van der Waals surface area contributed by atoms with Crippen LogP contribution in [0.15, 0.2) is 15.7 Å². The third kappa shape index (κ3) is 5.90. The smallest absolute Gasteiger partial charge is 0.253 e. The predicted molar refractivity (Wildman–Crippen MR) is 89.9 cm³/mol. The van der Waals surface area contributed by atoms with Crippen LogP contribution in [0.25, 0.3) is 0 Å². The van der Waals surface area contributed by atoms with Gasteiger partial charge in [0.25, 0.3) is 10.0 Å². The zero-order valence-electron chi connectivity index (χ0n) is 11.7. The van der Waals surface area contributed by atoms with Gasteiger partial charge in [0.15, 0.2) is 4.21 Å². The molecule has 6 nitrogen and oxygen atoms in total. The fourth-order valence-electron chi connectivity index (χ4n) is 1.97. The van der Waals surface area contributed by atoms with Crippen LogP contribution >= 0.6 is 36.2 Å². The quantitative estimate of drug-likeness (QED) is 0.766. The summed E-state index contributed by atoms with van der Waals surface area (Å²) in [6.07, 6.45) is 0. The maximum Gasteiger partial charge on any atom is 0.253 e. The molecule has 0 radical (unpaired) electrons. The van der Waals surface area contributed by atoms with Crippen LogP contribution in [0.1, 0.15) is 0 Å². The summed E-state index contributed by atoms with van der Waals surface area (Å²) in [7, 11) is -1.99. The highest BCUT2D eigenvalue weighted by molar-refractivity contribution is 7.91. The predicted octanol–water partition coefficient (Wildman–Crippen LogP) is 0.784. The van der Waals surface area contributed by atoms with Crippen molar-refractivity contribution in [2.24, 2.45) is 0 Å². The molecule has 10 heteroatoms. The first-order valence-corrected chi connectivity index (χ1v) is 8.54. The molecule has 1 aliphatic rings. The number of methoxy groups -OCH3 is 1. The Bertz CT molecular complexity index is 505. The van der Waals surface area contributed by atoms with E-state index in [2.05, 4.69) is 14.9 Å². The second-order valence-corrected chi connectivity index (χ2v) is 7.14. The third-order valence-electron chi connectivity index (χ3n) is 2.99. The van der Waals surface area contributed by atoms with Gasteiger partial charge in [-0.1, -0.05) is 0 Å². The van der Waals surface area contributed by atoms with Crippen molar-refractivity contribution in [3.63, 3.8) is 0 Å². The highest BCUT2D eigenvalue weighted by Crippen LogP contribution is 2.28. The molecule has 0 unspecified atom stereocenters. The number of nitrogens with zero attached hydrogens (tertiary/aromatic N) is 1. The second-order valence-electron chi connectivity index (χ2n) is 4.27. The summed E-state index contributed by atoms with van der Waals surface area (Å²) in [6, 6.07) is 1.66. The molecule has 21 heavy (non-hydrogen) atoms. The monoisotopic (exact) mass is 377 g/mol. The van der Waals surface area contributed by atoms with Crippen LogP contribution in [0.4, 0.5) is 0 Å². The van der Waals surface area contributed by atoms with Crippen molar-refractivity contribution >= 4 is 46.2 Å². The lowest BCUT2D eigenvalue weighted by Gasteiger charge is -2.26. The molecule has 0 spiro atoms. The molecule has 0 aromatic carbocycles. The standard InChI is InChI=1S/C11H19N3O3S2.2ClH/c1-17-10-2-9-18-11(10)19(15,16)13-5-8-14-6-3-12-4-7-14;;/h2,9,12-13H,3-8H2,1H3;2*1H. The number of halogens is 2. The highest BCUT2D eigenvalue weighted by Gasteiger charge is 2.21. The molecule has 0 saturated carbocycles. The minimum atomic E-state index is -3.46. The molecule has 1 aliphatic heterocycles. The van der Waals surface area contributed by atoms with Gasteiger partial charge in [0.05, 0.1) is 7.11 Å². The van der Waals surface area contributed by atoms with Gasteiger partial charge in [-0.3, -0.25) is 4.90 Å². The molecule has 2 heterocycles. The zero-order valence-corrected chi connectivity index (χ0v) is 15.0. The number of hydrogen-bond donors (Lipinski definition) is 2. The van der Waals surface area contributed by atoms with Gasteiger partial charge < -0.3 is 10.1 Å². The van der Waals surface area contributed by atoms with E-state index in [1.165, 1.54) is 18.4 Å². The SMILES string of the molecule is COc1ccsc1S(=O)(=O)NCCN1CCNCC1.Cl.Cl. The number of nitrogens with one attached hydrogen (secondary N) is 2. The van der Waals surface area contributed by atoms with Crippen molar-refractivity contribution in [3.05, 3.63) is 11.4 Å². The molecule has 0 amide bonds. The summed E-state index contributed by atoms with van der Waals surface area (Å²) in [5.41, 5.74) is 0. The maximum absolute atomic E-state index is 12.1. The summed E-state index contributed by atoms with van der Waals surface area (Å²) < 4.78 is 32.1. The Morgan fingerprint density at radius 1 is 1.38 bits per heavy atom. The van der Waals surface area contributed by atoms with E-state index in [1.54, 1.807) is 11.4 Å². The summed E-state index contributed by atoms with van der Waals surface area (Å²) in [5, 5.41) is 4.98. The molecule has 0 atom stereocenters. The largest absolute Gasteiger partial charge is 0.494 e. The van der Waals surface area contributed by atoms with Crippen molar-refractivity contribution in [1.29, 1.82) is 0 Å².